The normalized spacial score (nSPS) is 10.0. The number of hydrogen-bond donors (Lipinski definition) is 1. The molecule has 0 aliphatic heterocycles. The van der Waals surface area contributed by atoms with Crippen LogP contribution in [0.2, 0.25) is 0 Å². The van der Waals surface area contributed by atoms with Gasteiger partial charge in [0.1, 0.15) is 5.56 Å². The van der Waals surface area contributed by atoms with Crippen molar-refractivity contribution in [2.24, 2.45) is 0 Å². The summed E-state index contributed by atoms with van der Waals surface area (Å²) in [6, 6.07) is 2.33. The van der Waals surface area contributed by atoms with E-state index < -0.39 is 16.5 Å². The van der Waals surface area contributed by atoms with E-state index in [1.54, 1.807) is 0 Å². The smallest absolute Gasteiger partial charge is 0.286 e. The summed E-state index contributed by atoms with van der Waals surface area (Å²) in [4.78, 5) is 27.1. The first kappa shape index (κ1) is 16.7. The van der Waals surface area contributed by atoms with Crippen molar-refractivity contribution in [2.75, 3.05) is 34.5 Å². The number of hydroxylamine groups is 1. The Labute approximate surface area is 120 Å². The zero-order valence-electron chi connectivity index (χ0n) is 11.9. The Morgan fingerprint density at radius 2 is 1.81 bits per heavy atom. The third-order valence-electron chi connectivity index (χ3n) is 2.50. The van der Waals surface area contributed by atoms with Crippen LogP contribution in [-0.2, 0) is 9.57 Å². The number of methoxy groups -OCH3 is 3. The highest BCUT2D eigenvalue weighted by Crippen LogP contribution is 2.34. The number of rotatable bonds is 8. The lowest BCUT2D eigenvalue weighted by molar-refractivity contribution is -0.385. The van der Waals surface area contributed by atoms with Crippen molar-refractivity contribution >= 4 is 11.6 Å². The Balaban J connectivity index is 3.03. The van der Waals surface area contributed by atoms with Crippen LogP contribution < -0.4 is 15.0 Å². The predicted molar refractivity (Wildman–Crippen MR) is 71.5 cm³/mol. The number of amides is 1. The second-order valence-electron chi connectivity index (χ2n) is 3.75. The molecule has 0 aliphatic carbocycles. The first-order valence-corrected chi connectivity index (χ1v) is 5.86. The molecule has 1 aromatic rings. The number of hydrogen-bond acceptors (Lipinski definition) is 7. The van der Waals surface area contributed by atoms with E-state index in [1.165, 1.54) is 27.4 Å². The summed E-state index contributed by atoms with van der Waals surface area (Å²) in [5.41, 5.74) is 1.48. The molecule has 9 heteroatoms. The Morgan fingerprint density at radius 1 is 1.19 bits per heavy atom. The fraction of sp³-hybridized carbons (Fsp3) is 0.417. The van der Waals surface area contributed by atoms with Gasteiger partial charge in [0.25, 0.3) is 11.6 Å². The van der Waals surface area contributed by atoms with Crippen LogP contribution in [0.3, 0.4) is 0 Å². The summed E-state index contributed by atoms with van der Waals surface area (Å²) in [6.45, 7) is 0.387. The summed E-state index contributed by atoms with van der Waals surface area (Å²) in [7, 11) is 4.18. The molecule has 0 atom stereocenters. The molecule has 1 N–H and O–H groups in total. The molecule has 0 fully saturated rings. The Bertz CT molecular complexity index is 519. The fourth-order valence-electron chi connectivity index (χ4n) is 1.50. The highest BCUT2D eigenvalue weighted by Gasteiger charge is 2.24. The van der Waals surface area contributed by atoms with Crippen molar-refractivity contribution in [3.05, 3.63) is 27.8 Å². The van der Waals surface area contributed by atoms with E-state index in [0.29, 0.717) is 0 Å². The molecule has 21 heavy (non-hydrogen) atoms. The van der Waals surface area contributed by atoms with Crippen LogP contribution in [0.1, 0.15) is 10.4 Å². The lowest BCUT2D eigenvalue weighted by atomic mass is 10.1. The number of ether oxygens (including phenoxy) is 3. The van der Waals surface area contributed by atoms with Gasteiger partial charge in [-0.3, -0.25) is 19.7 Å². The number of benzene rings is 1. The number of nitrogens with one attached hydrogen (secondary N) is 1. The van der Waals surface area contributed by atoms with Gasteiger partial charge >= 0.3 is 0 Å². The molecule has 0 radical (unpaired) electrons. The summed E-state index contributed by atoms with van der Waals surface area (Å²) in [5, 5.41) is 11.0. The van der Waals surface area contributed by atoms with E-state index in [2.05, 4.69) is 5.48 Å². The first-order valence-electron chi connectivity index (χ1n) is 5.86. The maximum Gasteiger partial charge on any atom is 0.286 e. The van der Waals surface area contributed by atoms with Crippen molar-refractivity contribution in [3.8, 4) is 11.5 Å². The van der Waals surface area contributed by atoms with Crippen LogP contribution >= 0.6 is 0 Å². The molecule has 1 amide bonds. The van der Waals surface area contributed by atoms with Crippen LogP contribution in [0.25, 0.3) is 0 Å². The van der Waals surface area contributed by atoms with Gasteiger partial charge in [0.2, 0.25) is 0 Å². The van der Waals surface area contributed by atoms with Gasteiger partial charge < -0.3 is 14.2 Å². The fourth-order valence-corrected chi connectivity index (χ4v) is 1.50. The summed E-state index contributed by atoms with van der Waals surface area (Å²) in [6.07, 6.45) is 0. The molecule has 0 unspecified atom stereocenters. The minimum Gasteiger partial charge on any atom is -0.493 e. The highest BCUT2D eigenvalue weighted by molar-refractivity contribution is 5.98. The van der Waals surface area contributed by atoms with E-state index in [0.717, 1.165) is 6.07 Å². The van der Waals surface area contributed by atoms with Crippen LogP contribution in [0.5, 0.6) is 11.5 Å². The second-order valence-corrected chi connectivity index (χ2v) is 3.75. The maximum atomic E-state index is 11.9. The highest BCUT2D eigenvalue weighted by atomic mass is 16.7. The molecule has 0 saturated heterocycles. The third kappa shape index (κ3) is 4.29. The van der Waals surface area contributed by atoms with Crippen molar-refractivity contribution in [3.63, 3.8) is 0 Å². The molecular weight excluding hydrogens is 284 g/mol. The average molecular weight is 300 g/mol. The van der Waals surface area contributed by atoms with Crippen LogP contribution in [0.4, 0.5) is 5.69 Å². The Hall–Kier alpha value is -2.39. The van der Waals surface area contributed by atoms with Gasteiger partial charge in [-0.2, -0.15) is 0 Å². The van der Waals surface area contributed by atoms with Crippen LogP contribution in [-0.4, -0.2) is 45.4 Å². The molecule has 0 heterocycles. The van der Waals surface area contributed by atoms with Gasteiger partial charge in [-0.25, -0.2) is 5.48 Å². The average Bonchev–Trinajstić information content (AvgIpc) is 2.49. The number of carbonyl (C=O) groups is 1. The van der Waals surface area contributed by atoms with Crippen molar-refractivity contribution in [1.29, 1.82) is 0 Å². The van der Waals surface area contributed by atoms with Crippen molar-refractivity contribution in [1.82, 2.24) is 5.48 Å². The SMILES string of the molecule is COCCONC(=O)c1cc(OC)c(OC)cc1[N+](=O)[O-]. The lowest BCUT2D eigenvalue weighted by Crippen LogP contribution is -2.26. The lowest BCUT2D eigenvalue weighted by Gasteiger charge is -2.10. The molecule has 0 bridgehead atoms. The quantitative estimate of drug-likeness (QED) is 0.432. The molecule has 0 saturated carbocycles. The first-order chi connectivity index (χ1) is 10.0. The Morgan fingerprint density at radius 3 is 2.33 bits per heavy atom. The molecule has 1 rings (SSSR count). The van der Waals surface area contributed by atoms with Gasteiger partial charge in [0.15, 0.2) is 11.5 Å². The number of nitrogens with zero attached hydrogens (tertiary/aromatic N) is 1. The summed E-state index contributed by atoms with van der Waals surface area (Å²) >= 11 is 0. The zero-order valence-corrected chi connectivity index (χ0v) is 11.9. The van der Waals surface area contributed by atoms with Gasteiger partial charge in [0, 0.05) is 13.2 Å². The molecule has 1 aromatic carbocycles. The number of nitro benzene ring substituents is 1. The van der Waals surface area contributed by atoms with Gasteiger partial charge in [0.05, 0.1) is 38.4 Å². The van der Waals surface area contributed by atoms with Crippen molar-refractivity contribution in [2.45, 2.75) is 0 Å². The van der Waals surface area contributed by atoms with Crippen LogP contribution in [0.15, 0.2) is 12.1 Å². The summed E-state index contributed by atoms with van der Waals surface area (Å²) < 4.78 is 14.7. The standard InChI is InChI=1S/C12H16N2O7/c1-18-4-5-21-13-12(15)8-6-10(19-2)11(20-3)7-9(8)14(16)17/h6-7H,4-5H2,1-3H3,(H,13,15). The molecular formula is C12H16N2O7. The summed E-state index contributed by atoms with van der Waals surface area (Å²) in [5.74, 6) is -0.412. The molecule has 9 nitrogen and oxygen atoms in total. The monoisotopic (exact) mass is 300 g/mol. The number of nitro groups is 1. The number of carbonyl (C=O) groups excluding carboxylic acids is 1. The van der Waals surface area contributed by atoms with Gasteiger partial charge in [-0.1, -0.05) is 0 Å². The van der Waals surface area contributed by atoms with Gasteiger partial charge in [-0.15, -0.1) is 0 Å². The zero-order chi connectivity index (χ0) is 15.8. The van der Waals surface area contributed by atoms with Crippen LogP contribution in [0, 0.1) is 10.1 Å². The minimum atomic E-state index is -0.765. The second kappa shape index (κ2) is 8.02. The predicted octanol–water partition coefficient (Wildman–Crippen LogP) is 0.920. The molecule has 116 valence electrons. The maximum absolute atomic E-state index is 11.9. The molecule has 0 aliphatic rings. The van der Waals surface area contributed by atoms with E-state index >= 15 is 0 Å². The molecule has 0 spiro atoms. The van der Waals surface area contributed by atoms with E-state index in [9.17, 15) is 14.9 Å². The van der Waals surface area contributed by atoms with Crippen molar-refractivity contribution < 1.29 is 28.8 Å². The molecule has 0 aromatic heterocycles. The minimum absolute atomic E-state index is 0.114. The third-order valence-corrected chi connectivity index (χ3v) is 2.50. The van der Waals surface area contributed by atoms with E-state index in [-0.39, 0.29) is 30.3 Å². The topological polar surface area (TPSA) is 109 Å². The largest absolute Gasteiger partial charge is 0.493 e. The van der Waals surface area contributed by atoms with E-state index in [1.807, 2.05) is 0 Å². The van der Waals surface area contributed by atoms with E-state index in [4.69, 9.17) is 19.0 Å². The Kier molecular flexibility index (Phi) is 6.37. The van der Waals surface area contributed by atoms with Gasteiger partial charge in [-0.05, 0) is 0 Å².